The lowest BCUT2D eigenvalue weighted by Gasteiger charge is -2.32. The Labute approximate surface area is 108 Å². The van der Waals surface area contributed by atoms with Crippen molar-refractivity contribution >= 4 is 11.6 Å². The van der Waals surface area contributed by atoms with Crippen molar-refractivity contribution in [3.05, 3.63) is 34.9 Å². The summed E-state index contributed by atoms with van der Waals surface area (Å²) in [5, 5.41) is 4.16. The van der Waals surface area contributed by atoms with E-state index in [0.717, 1.165) is 31.0 Å². The van der Waals surface area contributed by atoms with Gasteiger partial charge in [0.2, 0.25) is 0 Å². The third-order valence-electron chi connectivity index (χ3n) is 3.86. The van der Waals surface area contributed by atoms with Crippen LogP contribution in [0.1, 0.15) is 18.9 Å². The Hall–Kier alpha value is -0.570. The summed E-state index contributed by atoms with van der Waals surface area (Å²) < 4.78 is 5.75. The second-order valence-corrected chi connectivity index (χ2v) is 5.33. The van der Waals surface area contributed by atoms with Crippen LogP contribution in [0.15, 0.2) is 24.3 Å². The summed E-state index contributed by atoms with van der Waals surface area (Å²) in [6, 6.07) is 8.11. The molecule has 0 bridgehead atoms. The fourth-order valence-corrected chi connectivity index (χ4v) is 2.92. The number of nitrogens with one attached hydrogen (secondary N) is 1. The van der Waals surface area contributed by atoms with Gasteiger partial charge in [0, 0.05) is 23.6 Å². The molecular weight excluding hydrogens is 234 g/mol. The van der Waals surface area contributed by atoms with Crippen LogP contribution in [0.2, 0.25) is 5.02 Å². The van der Waals surface area contributed by atoms with Crippen LogP contribution in [0.25, 0.3) is 0 Å². The van der Waals surface area contributed by atoms with Crippen LogP contribution in [0.3, 0.4) is 0 Å². The summed E-state index contributed by atoms with van der Waals surface area (Å²) in [5.41, 5.74) is 1.40. The molecule has 0 spiro atoms. The van der Waals surface area contributed by atoms with Crippen LogP contribution in [0.5, 0.6) is 0 Å². The Bertz CT molecular complexity index is 382. The fraction of sp³-hybridized carbons (Fsp3) is 0.571. The fourth-order valence-electron chi connectivity index (χ4n) is 2.72. The Morgan fingerprint density at radius 1 is 1.47 bits per heavy atom. The summed E-state index contributed by atoms with van der Waals surface area (Å²) >= 11 is 6.25. The second-order valence-electron chi connectivity index (χ2n) is 4.92. The lowest BCUT2D eigenvalue weighted by Crippen LogP contribution is -2.40. The molecular formula is C14H20ClNO. The van der Waals surface area contributed by atoms with E-state index in [9.17, 15) is 0 Å². The monoisotopic (exact) mass is 253 g/mol. The Morgan fingerprint density at radius 2 is 2.24 bits per heavy atom. The summed E-state index contributed by atoms with van der Waals surface area (Å²) in [4.78, 5) is 0. The van der Waals surface area contributed by atoms with Gasteiger partial charge in [0.05, 0.1) is 6.10 Å². The van der Waals surface area contributed by atoms with Gasteiger partial charge in [-0.25, -0.2) is 0 Å². The first-order valence-corrected chi connectivity index (χ1v) is 6.55. The minimum atomic E-state index is 0.180. The van der Waals surface area contributed by atoms with Crippen molar-refractivity contribution in [2.75, 3.05) is 20.2 Å². The number of benzene rings is 1. The third-order valence-corrected chi connectivity index (χ3v) is 4.23. The maximum atomic E-state index is 6.25. The molecule has 94 valence electrons. The van der Waals surface area contributed by atoms with Crippen molar-refractivity contribution in [3.63, 3.8) is 0 Å². The van der Waals surface area contributed by atoms with Crippen molar-refractivity contribution in [1.82, 2.24) is 5.32 Å². The molecule has 0 radical (unpaired) electrons. The van der Waals surface area contributed by atoms with Crippen molar-refractivity contribution in [1.29, 1.82) is 0 Å². The van der Waals surface area contributed by atoms with Gasteiger partial charge in [0.25, 0.3) is 0 Å². The molecule has 0 aliphatic carbocycles. The molecule has 1 aliphatic heterocycles. The number of hydrogen-bond donors (Lipinski definition) is 1. The van der Waals surface area contributed by atoms with Crippen LogP contribution >= 0.6 is 11.6 Å². The highest BCUT2D eigenvalue weighted by Gasteiger charge is 2.41. The standard InChI is InChI=1S/C14H20ClNO/c1-11-14(10-16-2,7-8-17-11)9-12-5-3-4-6-13(12)15/h3-6,11,16H,7-10H2,1-2H3. The van der Waals surface area contributed by atoms with Gasteiger partial charge in [-0.2, -0.15) is 0 Å². The maximum absolute atomic E-state index is 6.25. The number of rotatable bonds is 4. The van der Waals surface area contributed by atoms with Crippen molar-refractivity contribution in [2.24, 2.45) is 5.41 Å². The van der Waals surface area contributed by atoms with Gasteiger partial charge in [-0.05, 0) is 38.4 Å². The molecule has 0 aromatic heterocycles. The van der Waals surface area contributed by atoms with E-state index in [2.05, 4.69) is 24.4 Å². The zero-order chi connectivity index (χ0) is 12.3. The van der Waals surface area contributed by atoms with Gasteiger partial charge in [-0.1, -0.05) is 29.8 Å². The molecule has 3 heteroatoms. The van der Waals surface area contributed by atoms with E-state index in [4.69, 9.17) is 16.3 Å². The predicted octanol–water partition coefficient (Wildman–Crippen LogP) is 2.90. The molecule has 1 aliphatic rings. The lowest BCUT2D eigenvalue weighted by atomic mass is 9.76. The Kier molecular flexibility index (Phi) is 4.08. The van der Waals surface area contributed by atoms with Gasteiger partial charge in [-0.15, -0.1) is 0 Å². The largest absolute Gasteiger partial charge is 0.378 e. The molecule has 2 nitrogen and oxygen atoms in total. The van der Waals surface area contributed by atoms with Gasteiger partial charge >= 0.3 is 0 Å². The first-order valence-electron chi connectivity index (χ1n) is 6.17. The highest BCUT2D eigenvalue weighted by molar-refractivity contribution is 6.31. The quantitative estimate of drug-likeness (QED) is 0.891. The molecule has 17 heavy (non-hydrogen) atoms. The number of hydrogen-bond acceptors (Lipinski definition) is 2. The van der Waals surface area contributed by atoms with Crippen molar-refractivity contribution < 1.29 is 4.74 Å². The van der Waals surface area contributed by atoms with E-state index in [0.29, 0.717) is 0 Å². The van der Waals surface area contributed by atoms with E-state index >= 15 is 0 Å². The minimum Gasteiger partial charge on any atom is -0.378 e. The van der Waals surface area contributed by atoms with Gasteiger partial charge in [0.1, 0.15) is 0 Å². The van der Waals surface area contributed by atoms with Gasteiger partial charge in [-0.3, -0.25) is 0 Å². The normalized spacial score (nSPS) is 28.5. The highest BCUT2D eigenvalue weighted by Crippen LogP contribution is 2.38. The summed E-state index contributed by atoms with van der Waals surface area (Å²) in [5.74, 6) is 0. The van der Waals surface area contributed by atoms with Crippen LogP contribution in [-0.4, -0.2) is 26.3 Å². The van der Waals surface area contributed by atoms with Crippen LogP contribution in [-0.2, 0) is 11.2 Å². The van der Waals surface area contributed by atoms with Crippen LogP contribution in [0.4, 0.5) is 0 Å². The molecule has 0 amide bonds. The van der Waals surface area contributed by atoms with Gasteiger partial charge < -0.3 is 10.1 Å². The minimum absolute atomic E-state index is 0.180. The molecule has 1 saturated heterocycles. The number of halogens is 1. The van der Waals surface area contributed by atoms with E-state index < -0.39 is 0 Å². The molecule has 1 heterocycles. The highest BCUT2D eigenvalue weighted by atomic mass is 35.5. The molecule has 1 fully saturated rings. The molecule has 0 saturated carbocycles. The topological polar surface area (TPSA) is 21.3 Å². The second kappa shape index (κ2) is 5.38. The average molecular weight is 254 g/mol. The van der Waals surface area contributed by atoms with Gasteiger partial charge in [0.15, 0.2) is 0 Å². The lowest BCUT2D eigenvalue weighted by molar-refractivity contribution is 0.0640. The third kappa shape index (κ3) is 2.65. The summed E-state index contributed by atoms with van der Waals surface area (Å²) in [6.45, 7) is 3.99. The summed E-state index contributed by atoms with van der Waals surface area (Å²) in [6.07, 6.45) is 2.36. The zero-order valence-electron chi connectivity index (χ0n) is 10.5. The van der Waals surface area contributed by atoms with E-state index in [1.807, 2.05) is 19.2 Å². The maximum Gasteiger partial charge on any atom is 0.0619 e. The molecule has 2 atom stereocenters. The Morgan fingerprint density at radius 3 is 2.82 bits per heavy atom. The zero-order valence-corrected chi connectivity index (χ0v) is 11.3. The van der Waals surface area contributed by atoms with E-state index in [-0.39, 0.29) is 11.5 Å². The first kappa shape index (κ1) is 12.9. The first-order chi connectivity index (χ1) is 8.18. The van der Waals surface area contributed by atoms with Crippen LogP contribution < -0.4 is 5.32 Å². The molecule has 2 rings (SSSR count). The predicted molar refractivity (Wildman–Crippen MR) is 71.5 cm³/mol. The average Bonchev–Trinajstić information content (AvgIpc) is 2.65. The summed E-state index contributed by atoms with van der Waals surface area (Å²) in [7, 11) is 2.00. The molecule has 1 N–H and O–H groups in total. The van der Waals surface area contributed by atoms with E-state index in [1.54, 1.807) is 0 Å². The van der Waals surface area contributed by atoms with Crippen molar-refractivity contribution in [2.45, 2.75) is 25.9 Å². The van der Waals surface area contributed by atoms with Crippen LogP contribution in [0, 0.1) is 5.41 Å². The Balaban J connectivity index is 2.21. The number of ether oxygens (including phenoxy) is 1. The smallest absolute Gasteiger partial charge is 0.0619 e. The van der Waals surface area contributed by atoms with E-state index in [1.165, 1.54) is 5.56 Å². The molecule has 1 aromatic carbocycles. The molecule has 1 aromatic rings. The SMILES string of the molecule is CNCC1(Cc2ccccc2Cl)CCOC1C. The van der Waals surface area contributed by atoms with Crippen molar-refractivity contribution in [3.8, 4) is 0 Å². The molecule has 2 unspecified atom stereocenters.